The van der Waals surface area contributed by atoms with Crippen molar-refractivity contribution >= 4 is 53.0 Å². The summed E-state index contributed by atoms with van der Waals surface area (Å²) in [6.45, 7) is -1.40. The zero-order valence-corrected chi connectivity index (χ0v) is 60.1. The Labute approximate surface area is 613 Å². The number of benzene rings is 3. The van der Waals surface area contributed by atoms with Gasteiger partial charge in [0.1, 0.15) is 54.9 Å². The fourth-order valence-corrected chi connectivity index (χ4v) is 19.4. The quantitative estimate of drug-likeness (QED) is 0.0609. The highest BCUT2D eigenvalue weighted by Crippen LogP contribution is 2.45. The molecule has 18 nitrogen and oxygen atoms in total. The largest absolute Gasteiger partial charge is 0.392 e. The van der Waals surface area contributed by atoms with Crippen molar-refractivity contribution in [2.75, 3.05) is 19.6 Å². The monoisotopic (exact) mass is 1590 g/mol. The van der Waals surface area contributed by atoms with E-state index in [4.69, 9.17) is 0 Å². The van der Waals surface area contributed by atoms with E-state index in [1.54, 1.807) is 18.2 Å². The van der Waals surface area contributed by atoms with E-state index in [1.807, 2.05) is 0 Å². The Balaban J connectivity index is 0.000000173. The van der Waals surface area contributed by atoms with E-state index in [-0.39, 0.29) is 129 Å². The van der Waals surface area contributed by atoms with E-state index in [0.29, 0.717) is 65.4 Å². The van der Waals surface area contributed by atoms with Crippen molar-refractivity contribution in [3.63, 3.8) is 0 Å². The Hall–Kier alpha value is -7.67. The summed E-state index contributed by atoms with van der Waals surface area (Å²) < 4.78 is 279. The van der Waals surface area contributed by atoms with Crippen LogP contribution in [0, 0.1) is 35.2 Å². The molecular weight excluding hydrogens is 1520 g/mol. The molecule has 0 spiro atoms. The molecule has 108 heavy (non-hydrogen) atoms. The minimum Gasteiger partial charge on any atom is -0.298 e. The van der Waals surface area contributed by atoms with Crippen LogP contribution in [0.4, 0.5) is 65.9 Å². The molecule has 3 aromatic carbocycles. The maximum atomic E-state index is 14.2. The van der Waals surface area contributed by atoms with E-state index < -0.39 is 157 Å². The highest BCUT2D eigenvalue weighted by molar-refractivity contribution is 7.89. The molecule has 12 rings (SSSR count). The lowest BCUT2D eigenvalue weighted by molar-refractivity contribution is -0.183. The summed E-state index contributed by atoms with van der Waals surface area (Å²) in [5.74, 6) is -7.50. The number of carbonyl (C=O) groups is 3. The third-order valence-corrected chi connectivity index (χ3v) is 26.2. The molecule has 6 aromatic rings. The van der Waals surface area contributed by atoms with Gasteiger partial charge in [-0.1, -0.05) is 6.08 Å². The minimum absolute atomic E-state index is 0.0302. The zero-order chi connectivity index (χ0) is 78.3. The van der Waals surface area contributed by atoms with Gasteiger partial charge in [0.05, 0.1) is 56.3 Å². The highest BCUT2D eigenvalue weighted by atomic mass is 32.2. The van der Waals surface area contributed by atoms with Crippen LogP contribution in [0.3, 0.4) is 0 Å². The van der Waals surface area contributed by atoms with Gasteiger partial charge in [-0.15, -0.1) is 0 Å². The number of halogens is 15. The number of hydrogen-bond donors (Lipinski definition) is 0. The number of rotatable bonds is 21. The normalized spacial score (nSPS) is 25.0. The summed E-state index contributed by atoms with van der Waals surface area (Å²) in [7, 11) is -12.6. The molecule has 0 radical (unpaired) electrons. The second-order valence-corrected chi connectivity index (χ2v) is 33.4. The molecule has 0 N–H and O–H groups in total. The van der Waals surface area contributed by atoms with Gasteiger partial charge in [-0.2, -0.15) is 52.4 Å². The number of alkyl halides is 12. The van der Waals surface area contributed by atoms with E-state index in [2.05, 4.69) is 29.9 Å². The Bertz CT molecular complexity index is 4330. The number of ketones is 3. The first kappa shape index (κ1) is 82.8. The number of Topliss-reactive ketones (excluding diaryl/α,β-unsaturated/α-hetero) is 3. The number of sulfonamides is 3. The van der Waals surface area contributed by atoms with Gasteiger partial charge in [0, 0.05) is 98.5 Å². The Morgan fingerprint density at radius 3 is 1.00 bits per heavy atom. The molecule has 6 aliphatic rings. The predicted molar refractivity (Wildman–Crippen MR) is 360 cm³/mol. The topological polar surface area (TPSA) is 241 Å². The third-order valence-electron chi connectivity index (χ3n) is 20.5. The van der Waals surface area contributed by atoms with Crippen LogP contribution in [-0.4, -0.2) is 160 Å². The predicted octanol–water partition coefficient (Wildman–Crippen LogP) is 14.2. The molecular formula is C72H76F15N9O9S3. The number of aromatic nitrogens is 6. The third kappa shape index (κ3) is 20.9. The van der Waals surface area contributed by atoms with Crippen molar-refractivity contribution in [2.45, 2.75) is 210 Å². The molecule has 586 valence electrons. The summed E-state index contributed by atoms with van der Waals surface area (Å²) in [4.78, 5) is 63.1. The Morgan fingerprint density at radius 1 is 0.398 bits per heavy atom. The van der Waals surface area contributed by atoms with Crippen LogP contribution in [0.25, 0.3) is 5.57 Å². The van der Waals surface area contributed by atoms with E-state index in [1.165, 1.54) is 25.1 Å². The molecule has 6 heterocycles. The molecule has 3 aliphatic carbocycles. The zero-order valence-electron chi connectivity index (χ0n) is 57.7. The van der Waals surface area contributed by atoms with Crippen LogP contribution in [-0.2, 0) is 63.7 Å². The van der Waals surface area contributed by atoms with Crippen LogP contribution in [0.5, 0.6) is 0 Å². The number of nitrogens with zero attached hydrogens (tertiary/aromatic N) is 9. The SMILES string of the molecule is O=C(CCc1cc(C2=CCC(C(F)(F)F)CC2)ncn1)[C@@H]1C[C@@H](F)CN1S(=O)(=O)c1ccc(F)cc1.O=C(CCc1cc(C2CCC(C(F)(F)F)CC2)ncn1)[C@@H]1C[C@@H](F)CN1S(=O)(=O)c1ccc(F)cc1.O=C(CCc1cc(C2CCC(C(F)(F)F)CC2)ncn1)[C@@H]1C[C@@H](F)CN1S(=O)(=O)c1ccc(F)cc1. The van der Waals surface area contributed by atoms with Gasteiger partial charge in [0.2, 0.25) is 30.1 Å². The van der Waals surface area contributed by atoms with Gasteiger partial charge in [0.15, 0.2) is 17.3 Å². The standard InChI is InChI=1S/2C24H26F5N3O3S.C24H24F5N3O3S/c3*25-17-5-8-20(9-6-17)36(34,35)32-13-18(26)11-22(32)23(33)10-7-19-12-21(31-14-30-19)15-1-3-16(4-2-15)24(27,28)29/h2*5-6,8-9,12,14-16,18,22H,1-4,7,10-11,13H2;1,5-6,8-9,12,14,16,18,22H,2-4,7,10-11,13H2/t2*15?,16?,18-,22+;16?,18-,22+/m111/s1. The molecule has 5 fully saturated rings. The van der Waals surface area contributed by atoms with Gasteiger partial charge < -0.3 is 0 Å². The second kappa shape index (κ2) is 34.7. The van der Waals surface area contributed by atoms with Gasteiger partial charge in [-0.3, -0.25) is 14.4 Å². The average Bonchev–Trinajstić information content (AvgIpc) is 1.60. The molecule has 0 amide bonds. The number of aryl methyl sites for hydroxylation is 3. The lowest BCUT2D eigenvalue weighted by Gasteiger charge is -2.29. The highest BCUT2D eigenvalue weighted by Gasteiger charge is 2.49. The van der Waals surface area contributed by atoms with Crippen molar-refractivity contribution in [3.8, 4) is 0 Å². The van der Waals surface area contributed by atoms with Crippen LogP contribution in [0.15, 0.2) is 131 Å². The summed E-state index contributed by atoms with van der Waals surface area (Å²) in [5.41, 5.74) is 3.89. The first-order chi connectivity index (χ1) is 50.8. The summed E-state index contributed by atoms with van der Waals surface area (Å²) in [6, 6.07) is 13.7. The van der Waals surface area contributed by atoms with Gasteiger partial charge >= 0.3 is 18.5 Å². The van der Waals surface area contributed by atoms with Crippen LogP contribution in [0.1, 0.15) is 155 Å². The van der Waals surface area contributed by atoms with E-state index >= 15 is 0 Å². The minimum atomic E-state index is -4.24. The van der Waals surface area contributed by atoms with Crippen LogP contribution < -0.4 is 0 Å². The Morgan fingerprint density at radius 2 is 0.704 bits per heavy atom. The van der Waals surface area contributed by atoms with E-state index in [9.17, 15) is 105 Å². The van der Waals surface area contributed by atoms with Crippen molar-refractivity contribution in [3.05, 3.63) is 168 Å². The molecule has 36 heteroatoms. The maximum absolute atomic E-state index is 14.2. The van der Waals surface area contributed by atoms with Gasteiger partial charge in [-0.05, 0) is 186 Å². The van der Waals surface area contributed by atoms with E-state index in [0.717, 1.165) is 85.7 Å². The molecule has 3 saturated heterocycles. The number of carbonyl (C=O) groups excluding carboxylic acids is 3. The molecule has 2 saturated carbocycles. The smallest absolute Gasteiger partial charge is 0.298 e. The van der Waals surface area contributed by atoms with Crippen molar-refractivity contribution in [2.24, 2.45) is 17.8 Å². The first-order valence-corrected chi connectivity index (χ1v) is 39.3. The fourth-order valence-electron chi connectivity index (χ4n) is 14.5. The number of allylic oxidation sites excluding steroid dienone is 2. The maximum Gasteiger partial charge on any atom is 0.392 e. The number of hydrogen-bond acceptors (Lipinski definition) is 15. The first-order valence-electron chi connectivity index (χ1n) is 35.0. The summed E-state index contributed by atoms with van der Waals surface area (Å²) >= 11 is 0. The molecule has 3 aliphatic heterocycles. The summed E-state index contributed by atoms with van der Waals surface area (Å²) in [6.07, 6.45) is -10.8. The van der Waals surface area contributed by atoms with Crippen LogP contribution >= 0.6 is 0 Å². The van der Waals surface area contributed by atoms with Gasteiger partial charge in [0.25, 0.3) is 0 Å². The van der Waals surface area contributed by atoms with Crippen molar-refractivity contribution in [1.82, 2.24) is 42.8 Å². The molecule has 3 aromatic heterocycles. The lowest BCUT2D eigenvalue weighted by atomic mass is 9.80. The Kier molecular flexibility index (Phi) is 26.6. The lowest BCUT2D eigenvalue weighted by Crippen LogP contribution is -2.40. The summed E-state index contributed by atoms with van der Waals surface area (Å²) in [5, 5.41) is 0. The molecule has 7 atom stereocenters. The van der Waals surface area contributed by atoms with Gasteiger partial charge in [-0.25, -0.2) is 81.5 Å². The van der Waals surface area contributed by atoms with Crippen molar-refractivity contribution in [1.29, 1.82) is 0 Å². The van der Waals surface area contributed by atoms with Crippen LogP contribution in [0.2, 0.25) is 0 Å². The average molecular weight is 1590 g/mol. The molecule has 0 bridgehead atoms. The molecule has 1 unspecified atom stereocenters. The second-order valence-electron chi connectivity index (χ2n) is 27.7. The fraction of sp³-hybridized carbons (Fsp3) is 0.514. The van der Waals surface area contributed by atoms with Crippen molar-refractivity contribution < 1.29 is 105 Å².